The molecule has 1 saturated heterocycles. The molecular formula is C12H19BO3. The van der Waals surface area contributed by atoms with Gasteiger partial charge in [-0.3, -0.25) is 0 Å². The lowest BCUT2D eigenvalue weighted by Crippen LogP contribution is -2.41. The monoisotopic (exact) mass is 222 g/mol. The highest BCUT2D eigenvalue weighted by molar-refractivity contribution is 6.56. The minimum absolute atomic E-state index is 0.305. The Morgan fingerprint density at radius 2 is 1.81 bits per heavy atom. The number of ether oxygens (including phenoxy) is 1. The Kier molecular flexibility index (Phi) is 2.77. The first-order valence-corrected chi connectivity index (χ1v) is 5.65. The normalized spacial score (nSPS) is 27.0. The highest BCUT2D eigenvalue weighted by Crippen LogP contribution is 2.39. The summed E-state index contributed by atoms with van der Waals surface area (Å²) in [6.07, 6.45) is 2.04. The summed E-state index contributed by atoms with van der Waals surface area (Å²) in [6, 6.07) is 0. The van der Waals surface area contributed by atoms with E-state index in [1.807, 2.05) is 33.8 Å². The van der Waals surface area contributed by atoms with E-state index in [1.165, 1.54) is 0 Å². The minimum Gasteiger partial charge on any atom is -0.399 e. The molecule has 2 rings (SSSR count). The molecule has 0 aromatic rings. The molecule has 1 fully saturated rings. The van der Waals surface area contributed by atoms with E-state index < -0.39 is 0 Å². The van der Waals surface area contributed by atoms with Gasteiger partial charge in [-0.05, 0) is 38.7 Å². The van der Waals surface area contributed by atoms with Crippen LogP contribution in [0.2, 0.25) is 0 Å². The van der Waals surface area contributed by atoms with Gasteiger partial charge in [0.1, 0.15) is 0 Å². The predicted molar refractivity (Wildman–Crippen MR) is 64.1 cm³/mol. The fraction of sp³-hybridized carbons (Fsp3) is 0.667. The highest BCUT2D eigenvalue weighted by atomic mass is 16.7. The van der Waals surface area contributed by atoms with Gasteiger partial charge in [-0.15, -0.1) is 0 Å². The van der Waals surface area contributed by atoms with Gasteiger partial charge < -0.3 is 14.0 Å². The topological polar surface area (TPSA) is 27.7 Å². The molecule has 0 aromatic carbocycles. The summed E-state index contributed by atoms with van der Waals surface area (Å²) >= 11 is 0. The maximum Gasteiger partial charge on any atom is 0.494 e. The van der Waals surface area contributed by atoms with E-state index in [9.17, 15) is 0 Å². The second-order valence-electron chi connectivity index (χ2n) is 5.36. The van der Waals surface area contributed by atoms with Gasteiger partial charge in [-0.25, -0.2) is 0 Å². The van der Waals surface area contributed by atoms with Crippen LogP contribution in [0, 0.1) is 0 Å². The van der Waals surface area contributed by atoms with Gasteiger partial charge in [0.25, 0.3) is 0 Å². The number of hydrogen-bond acceptors (Lipinski definition) is 3. The van der Waals surface area contributed by atoms with Crippen molar-refractivity contribution in [2.75, 3.05) is 13.2 Å². The van der Waals surface area contributed by atoms with Gasteiger partial charge >= 0.3 is 7.12 Å². The van der Waals surface area contributed by atoms with Gasteiger partial charge in [0.05, 0.1) is 24.4 Å². The molecule has 0 unspecified atom stereocenters. The van der Waals surface area contributed by atoms with Crippen LogP contribution in [0.15, 0.2) is 23.7 Å². The van der Waals surface area contributed by atoms with Crippen LogP contribution in [-0.4, -0.2) is 31.5 Å². The Bertz CT molecular complexity index is 328. The van der Waals surface area contributed by atoms with Crippen molar-refractivity contribution in [3.05, 3.63) is 23.7 Å². The fourth-order valence-corrected chi connectivity index (χ4v) is 1.75. The lowest BCUT2D eigenvalue weighted by atomic mass is 9.75. The Labute approximate surface area is 97.6 Å². The summed E-state index contributed by atoms with van der Waals surface area (Å²) in [5.74, 6) is 0. The van der Waals surface area contributed by atoms with E-state index in [2.05, 4.69) is 6.58 Å². The van der Waals surface area contributed by atoms with Crippen LogP contribution in [0.4, 0.5) is 0 Å². The fourth-order valence-electron chi connectivity index (χ4n) is 1.75. The number of hydrogen-bond donors (Lipinski definition) is 0. The van der Waals surface area contributed by atoms with Gasteiger partial charge in [0, 0.05) is 0 Å². The zero-order valence-corrected chi connectivity index (χ0v) is 10.5. The van der Waals surface area contributed by atoms with E-state index in [0.29, 0.717) is 13.2 Å². The minimum atomic E-state index is -0.349. The van der Waals surface area contributed by atoms with Crippen molar-refractivity contribution in [1.29, 1.82) is 0 Å². The maximum absolute atomic E-state index is 5.92. The van der Waals surface area contributed by atoms with Crippen LogP contribution in [0.5, 0.6) is 0 Å². The van der Waals surface area contributed by atoms with Crippen LogP contribution in [-0.2, 0) is 14.0 Å². The van der Waals surface area contributed by atoms with Crippen LogP contribution >= 0.6 is 0 Å². The molecule has 2 aliphatic rings. The van der Waals surface area contributed by atoms with Gasteiger partial charge in [-0.2, -0.15) is 0 Å². The Morgan fingerprint density at radius 1 is 1.25 bits per heavy atom. The Balaban J connectivity index is 2.11. The average Bonchev–Trinajstić information content (AvgIpc) is 2.72. The summed E-state index contributed by atoms with van der Waals surface area (Å²) in [6.45, 7) is 13.5. The third kappa shape index (κ3) is 1.86. The third-order valence-corrected chi connectivity index (χ3v) is 3.66. The molecule has 2 aliphatic heterocycles. The van der Waals surface area contributed by atoms with Crippen molar-refractivity contribution in [2.24, 2.45) is 0 Å². The van der Waals surface area contributed by atoms with E-state index in [4.69, 9.17) is 14.0 Å². The second kappa shape index (κ2) is 3.72. The van der Waals surface area contributed by atoms with E-state index in [1.54, 1.807) is 0 Å². The molecule has 88 valence electrons. The molecule has 0 aliphatic carbocycles. The van der Waals surface area contributed by atoms with Crippen molar-refractivity contribution in [2.45, 2.75) is 38.9 Å². The van der Waals surface area contributed by atoms with Crippen molar-refractivity contribution in [3.63, 3.8) is 0 Å². The molecule has 4 heteroatoms. The molecule has 0 radical (unpaired) electrons. The third-order valence-electron chi connectivity index (χ3n) is 3.66. The molecule has 3 nitrogen and oxygen atoms in total. The quantitative estimate of drug-likeness (QED) is 0.670. The smallest absolute Gasteiger partial charge is 0.399 e. The Hall–Kier alpha value is -0.575. The second-order valence-corrected chi connectivity index (χ2v) is 5.36. The first kappa shape index (κ1) is 11.9. The van der Waals surface area contributed by atoms with Crippen molar-refractivity contribution < 1.29 is 14.0 Å². The molecule has 0 spiro atoms. The van der Waals surface area contributed by atoms with Crippen LogP contribution in [0.1, 0.15) is 27.7 Å². The largest absolute Gasteiger partial charge is 0.494 e. The van der Waals surface area contributed by atoms with Gasteiger partial charge in [0.2, 0.25) is 0 Å². The SMILES string of the molecule is C=C(B1OC(C)(C)C(C)(C)O1)C1=CCOC1. The van der Waals surface area contributed by atoms with Crippen molar-refractivity contribution in [1.82, 2.24) is 0 Å². The molecular weight excluding hydrogens is 203 g/mol. The molecule has 16 heavy (non-hydrogen) atoms. The zero-order chi connectivity index (χ0) is 12.0. The van der Waals surface area contributed by atoms with Gasteiger partial charge in [-0.1, -0.05) is 12.7 Å². The molecule has 2 heterocycles. The summed E-state index contributed by atoms with van der Waals surface area (Å²) < 4.78 is 17.1. The highest BCUT2D eigenvalue weighted by Gasteiger charge is 2.52. The van der Waals surface area contributed by atoms with E-state index in [0.717, 1.165) is 11.0 Å². The van der Waals surface area contributed by atoms with Crippen LogP contribution < -0.4 is 0 Å². The maximum atomic E-state index is 5.92. The lowest BCUT2D eigenvalue weighted by Gasteiger charge is -2.32. The first-order chi connectivity index (χ1) is 7.33. The molecule has 0 bridgehead atoms. The summed E-state index contributed by atoms with van der Waals surface area (Å²) in [5, 5.41) is 0. The van der Waals surface area contributed by atoms with Crippen molar-refractivity contribution >= 4 is 7.12 Å². The van der Waals surface area contributed by atoms with E-state index in [-0.39, 0.29) is 18.3 Å². The summed E-state index contributed by atoms with van der Waals surface area (Å²) in [5.41, 5.74) is 1.37. The standard InChI is InChI=1S/C12H19BO3/c1-9(10-6-7-14-8-10)13-15-11(2,3)12(4,5)16-13/h6H,1,7-8H2,2-5H3. The molecule has 0 atom stereocenters. The molecule has 0 saturated carbocycles. The zero-order valence-electron chi connectivity index (χ0n) is 10.5. The molecule has 0 N–H and O–H groups in total. The Morgan fingerprint density at radius 3 is 2.25 bits per heavy atom. The first-order valence-electron chi connectivity index (χ1n) is 5.65. The summed E-state index contributed by atoms with van der Waals surface area (Å²) in [4.78, 5) is 0. The van der Waals surface area contributed by atoms with Gasteiger partial charge in [0.15, 0.2) is 0 Å². The van der Waals surface area contributed by atoms with Crippen LogP contribution in [0.3, 0.4) is 0 Å². The average molecular weight is 222 g/mol. The molecule has 0 amide bonds. The predicted octanol–water partition coefficient (Wildman–Crippen LogP) is 2.13. The van der Waals surface area contributed by atoms with E-state index >= 15 is 0 Å². The van der Waals surface area contributed by atoms with Crippen LogP contribution in [0.25, 0.3) is 0 Å². The molecule has 0 aromatic heterocycles. The number of rotatable bonds is 2. The lowest BCUT2D eigenvalue weighted by molar-refractivity contribution is 0.00578. The van der Waals surface area contributed by atoms with Crippen molar-refractivity contribution in [3.8, 4) is 0 Å². The summed E-state index contributed by atoms with van der Waals surface area (Å²) in [7, 11) is -0.349.